The van der Waals surface area contributed by atoms with E-state index in [4.69, 9.17) is 33.2 Å². The summed E-state index contributed by atoms with van der Waals surface area (Å²) in [6.45, 7) is -1.53. The summed E-state index contributed by atoms with van der Waals surface area (Å²) >= 11 is 0. The van der Waals surface area contributed by atoms with Crippen LogP contribution in [0.15, 0.2) is 45.6 Å². The number of aromatic hydroxyl groups is 2. The van der Waals surface area contributed by atoms with E-state index in [1.54, 1.807) is 0 Å². The number of rotatable bonds is 10. The predicted molar refractivity (Wildman–Crippen MR) is 156 cm³/mol. The Labute approximate surface area is 273 Å². The molecule has 2 aliphatic rings. The number of fused-ring (bicyclic) bond motifs is 1. The van der Waals surface area contributed by atoms with Crippen molar-refractivity contribution in [3.05, 3.63) is 46.6 Å². The second kappa shape index (κ2) is 14.5. The molecule has 2 saturated heterocycles. The van der Waals surface area contributed by atoms with Crippen LogP contribution in [0, 0.1) is 0 Å². The van der Waals surface area contributed by atoms with Crippen molar-refractivity contribution in [3.8, 4) is 34.3 Å². The maximum Gasteiger partial charge on any atom is 0.317 e. The first-order chi connectivity index (χ1) is 23.2. The lowest BCUT2D eigenvalue weighted by atomic mass is 9.99. The van der Waals surface area contributed by atoms with Gasteiger partial charge in [0.2, 0.25) is 23.8 Å². The number of aliphatic hydroxyl groups excluding tert-OH is 7. The van der Waals surface area contributed by atoms with Gasteiger partial charge in [-0.2, -0.15) is 0 Å². The molecule has 19 nitrogen and oxygen atoms in total. The summed E-state index contributed by atoms with van der Waals surface area (Å²) in [7, 11) is 0. The molecule has 2 fully saturated rings. The Balaban J connectivity index is 1.51. The van der Waals surface area contributed by atoms with E-state index >= 15 is 0 Å². The van der Waals surface area contributed by atoms with Gasteiger partial charge in [0.15, 0.2) is 5.76 Å². The topological polar surface area (TPSA) is 313 Å². The molecule has 1 aromatic heterocycles. The molecule has 5 rings (SSSR count). The van der Waals surface area contributed by atoms with Gasteiger partial charge < -0.3 is 79.2 Å². The summed E-state index contributed by atoms with van der Waals surface area (Å²) in [5.74, 6) is -4.98. The molecule has 10 atom stereocenters. The van der Waals surface area contributed by atoms with Crippen LogP contribution in [0.25, 0.3) is 22.3 Å². The quantitative estimate of drug-likeness (QED) is 0.0759. The van der Waals surface area contributed by atoms with Crippen molar-refractivity contribution < 1.29 is 88.8 Å². The monoisotopic (exact) mass is 696 g/mol. The molecule has 2 aliphatic heterocycles. The van der Waals surface area contributed by atoms with Gasteiger partial charge in [-0.25, -0.2) is 0 Å². The minimum absolute atomic E-state index is 0.0941. The number of carboxylic acids is 1. The van der Waals surface area contributed by atoms with Crippen LogP contribution >= 0.6 is 0 Å². The number of benzene rings is 2. The van der Waals surface area contributed by atoms with Gasteiger partial charge in [-0.15, -0.1) is 0 Å². The summed E-state index contributed by atoms with van der Waals surface area (Å²) in [6.07, 6.45) is -18.7. The van der Waals surface area contributed by atoms with Gasteiger partial charge in [0, 0.05) is 17.7 Å². The highest BCUT2D eigenvalue weighted by Gasteiger charge is 2.47. The number of aliphatic carboxylic acids is 1. The van der Waals surface area contributed by atoms with Gasteiger partial charge >= 0.3 is 11.9 Å². The third-order valence-electron chi connectivity index (χ3n) is 7.74. The third kappa shape index (κ3) is 7.39. The number of ether oxygens (including phenoxy) is 5. The molecule has 0 amide bonds. The lowest BCUT2D eigenvalue weighted by Gasteiger charge is -2.39. The van der Waals surface area contributed by atoms with E-state index in [1.165, 1.54) is 24.3 Å². The van der Waals surface area contributed by atoms with Crippen LogP contribution < -0.4 is 14.9 Å². The van der Waals surface area contributed by atoms with Gasteiger partial charge in [0.05, 0.1) is 6.61 Å². The highest BCUT2D eigenvalue weighted by atomic mass is 16.7. The Bertz CT molecular complexity index is 1720. The number of phenolic OH excluding ortho intramolecular Hbond substituents is 2. The number of phenols is 2. The van der Waals surface area contributed by atoms with E-state index in [1.807, 2.05) is 0 Å². The van der Waals surface area contributed by atoms with Crippen molar-refractivity contribution in [3.63, 3.8) is 0 Å². The fraction of sp³-hybridized carbons (Fsp3) is 0.433. The Morgan fingerprint density at radius 1 is 0.776 bits per heavy atom. The number of carbonyl (C=O) groups is 2. The maximum atomic E-state index is 13.9. The minimum Gasteiger partial charge on any atom is -0.508 e. The number of carbonyl (C=O) groups excluding carboxylic acids is 1. The zero-order chi connectivity index (χ0) is 35.7. The summed E-state index contributed by atoms with van der Waals surface area (Å²) < 4.78 is 32.8. The van der Waals surface area contributed by atoms with Crippen LogP contribution in [0.3, 0.4) is 0 Å². The predicted octanol–water partition coefficient (Wildman–Crippen LogP) is -2.75. The summed E-state index contributed by atoms with van der Waals surface area (Å²) in [4.78, 5) is 36.4. The average molecular weight is 697 g/mol. The molecule has 10 unspecified atom stereocenters. The maximum absolute atomic E-state index is 13.9. The highest BCUT2D eigenvalue weighted by Crippen LogP contribution is 2.38. The fourth-order valence-corrected chi connectivity index (χ4v) is 5.15. The van der Waals surface area contributed by atoms with Crippen LogP contribution in [-0.2, 0) is 23.8 Å². The normalized spacial score (nSPS) is 30.1. The number of hydrogen-bond donors (Lipinski definition) is 10. The molecular weight excluding hydrogens is 664 g/mol. The first kappa shape index (κ1) is 35.7. The molecule has 3 aromatic rings. The molecule has 19 heteroatoms. The van der Waals surface area contributed by atoms with E-state index in [0.29, 0.717) is 0 Å². The molecule has 0 spiro atoms. The molecule has 3 heterocycles. The van der Waals surface area contributed by atoms with E-state index in [0.717, 1.165) is 12.1 Å². The fourth-order valence-electron chi connectivity index (χ4n) is 5.15. The second-order valence-electron chi connectivity index (χ2n) is 11.2. The summed E-state index contributed by atoms with van der Waals surface area (Å²) in [5.41, 5.74) is -1.32. The van der Waals surface area contributed by atoms with Gasteiger partial charge in [0.1, 0.15) is 90.1 Å². The molecule has 2 aromatic carbocycles. The first-order valence-electron chi connectivity index (χ1n) is 14.5. The molecule has 0 radical (unpaired) electrons. The van der Waals surface area contributed by atoms with Crippen LogP contribution in [0.4, 0.5) is 0 Å². The number of hydrogen-bond acceptors (Lipinski definition) is 18. The van der Waals surface area contributed by atoms with Gasteiger partial charge in [-0.1, -0.05) is 0 Å². The number of esters is 1. The van der Waals surface area contributed by atoms with Gasteiger partial charge in [0.25, 0.3) is 0 Å². The lowest BCUT2D eigenvalue weighted by molar-refractivity contribution is -0.278. The Morgan fingerprint density at radius 2 is 1.37 bits per heavy atom. The Morgan fingerprint density at radius 3 is 1.98 bits per heavy atom. The summed E-state index contributed by atoms with van der Waals surface area (Å²) in [5, 5.41) is 100. The van der Waals surface area contributed by atoms with Crippen molar-refractivity contribution in [2.75, 3.05) is 13.2 Å². The Hall–Kier alpha value is -4.57. The standard InChI is InChI=1S/C30H32O19/c31-8-15-20(37)23(40)25(42)29(47-15)45-12-5-13(33)19-14(6-12)46-27(10-1-3-11(32)4-2-10)28(22(19)39)49-30-26(43)24(41)21(38)16(48-30)9-44-18(36)7-17(34)35/h1-6,15-16,20-21,23-26,29-33,37-38,40-43H,7-9H2,(H,34,35). The molecular formula is C30H32O19. The van der Waals surface area contributed by atoms with E-state index in [2.05, 4.69) is 0 Å². The van der Waals surface area contributed by atoms with Crippen LogP contribution in [0.2, 0.25) is 0 Å². The third-order valence-corrected chi connectivity index (χ3v) is 7.74. The van der Waals surface area contributed by atoms with Crippen molar-refractivity contribution in [1.29, 1.82) is 0 Å². The average Bonchev–Trinajstić information content (AvgIpc) is 3.05. The molecule has 0 bridgehead atoms. The molecule has 49 heavy (non-hydrogen) atoms. The van der Waals surface area contributed by atoms with Crippen molar-refractivity contribution >= 4 is 22.9 Å². The molecule has 0 saturated carbocycles. The highest BCUT2D eigenvalue weighted by molar-refractivity contribution is 5.90. The van der Waals surface area contributed by atoms with E-state index in [9.17, 15) is 60.3 Å². The largest absolute Gasteiger partial charge is 0.508 e. The first-order valence-corrected chi connectivity index (χ1v) is 14.5. The van der Waals surface area contributed by atoms with Crippen LogP contribution in [-0.4, -0.2) is 138 Å². The van der Waals surface area contributed by atoms with Crippen molar-refractivity contribution in [2.24, 2.45) is 0 Å². The SMILES string of the molecule is O=C(O)CC(=O)OCC1OC(Oc2c(-c3ccc(O)cc3)oc3cc(OC4OC(CO)C(O)C(O)C4O)cc(O)c3c2=O)C(O)C(O)C1O. The zero-order valence-corrected chi connectivity index (χ0v) is 25.0. The second-order valence-corrected chi connectivity index (χ2v) is 11.2. The zero-order valence-electron chi connectivity index (χ0n) is 25.0. The number of aliphatic hydroxyl groups is 7. The lowest BCUT2D eigenvalue weighted by Crippen LogP contribution is -2.60. The molecule has 10 N–H and O–H groups in total. The van der Waals surface area contributed by atoms with Crippen molar-refractivity contribution in [2.45, 2.75) is 67.8 Å². The summed E-state index contributed by atoms with van der Waals surface area (Å²) in [6, 6.07) is 7.08. The molecule has 0 aliphatic carbocycles. The van der Waals surface area contributed by atoms with Crippen molar-refractivity contribution in [1.82, 2.24) is 0 Å². The Kier molecular flexibility index (Phi) is 10.6. The minimum atomic E-state index is -2.02. The van der Waals surface area contributed by atoms with Crippen LogP contribution in [0.1, 0.15) is 6.42 Å². The van der Waals surface area contributed by atoms with Gasteiger partial charge in [-0.3, -0.25) is 14.4 Å². The molecule has 266 valence electrons. The van der Waals surface area contributed by atoms with Crippen LogP contribution in [0.5, 0.6) is 23.0 Å². The number of carboxylic acid groups (broad SMARTS) is 1. The van der Waals surface area contributed by atoms with Gasteiger partial charge in [-0.05, 0) is 24.3 Å². The smallest absolute Gasteiger partial charge is 0.317 e. The van der Waals surface area contributed by atoms with E-state index < -0.39 is 115 Å². The van der Waals surface area contributed by atoms with E-state index in [-0.39, 0.29) is 28.4 Å².